The number of aryl methyl sites for hydroxylation is 2. The number of nitrogens with one attached hydrogen (secondary N) is 1. The monoisotopic (exact) mass is 439 g/mol. The fourth-order valence-electron chi connectivity index (χ4n) is 2.77. The molecule has 1 heterocycles. The van der Waals surface area contributed by atoms with Crippen molar-refractivity contribution in [2.24, 2.45) is 5.92 Å². The third-order valence-corrected chi connectivity index (χ3v) is 4.96. The minimum absolute atomic E-state index is 0.177. The highest BCUT2D eigenvalue weighted by Crippen LogP contribution is 2.28. The van der Waals surface area contributed by atoms with Crippen LogP contribution in [0.2, 0.25) is 0 Å². The molecule has 6 heteroatoms. The summed E-state index contributed by atoms with van der Waals surface area (Å²) in [4.78, 5) is 25.6. The quantitative estimate of drug-likeness (QED) is 0.630. The number of nitrogens with zero attached hydrogens (tertiary/aromatic N) is 2. The maximum atomic E-state index is 13.0. The molecule has 3 aromatic rings. The number of aromatic nitrogens is 2. The van der Waals surface area contributed by atoms with Gasteiger partial charge in [-0.05, 0) is 43.7 Å². The molecule has 1 amide bonds. The first-order valence-electron chi connectivity index (χ1n) is 9.05. The normalized spacial score (nSPS) is 10.9. The summed E-state index contributed by atoms with van der Waals surface area (Å²) in [5.74, 6) is -0.0367. The third kappa shape index (κ3) is 4.07. The van der Waals surface area contributed by atoms with Gasteiger partial charge >= 0.3 is 0 Å². The number of anilines is 1. The molecule has 0 saturated heterocycles. The summed E-state index contributed by atoms with van der Waals surface area (Å²) in [7, 11) is 0. The van der Waals surface area contributed by atoms with Crippen molar-refractivity contribution in [3.8, 4) is 16.8 Å². The van der Waals surface area contributed by atoms with Crippen molar-refractivity contribution in [2.75, 3.05) is 5.32 Å². The van der Waals surface area contributed by atoms with Crippen LogP contribution in [0.15, 0.2) is 57.8 Å². The average molecular weight is 440 g/mol. The molecule has 2 aromatic carbocycles. The maximum absolute atomic E-state index is 13.0. The summed E-state index contributed by atoms with van der Waals surface area (Å²) >= 11 is 3.43. The second-order valence-electron chi connectivity index (χ2n) is 7.04. The Morgan fingerprint density at radius 2 is 1.64 bits per heavy atom. The zero-order valence-electron chi connectivity index (χ0n) is 16.3. The largest absolute Gasteiger partial charge is 0.310 e. The number of halogens is 1. The predicted octanol–water partition coefficient (Wildman–Crippen LogP) is 4.87. The molecule has 3 rings (SSSR count). The van der Waals surface area contributed by atoms with Gasteiger partial charge in [0.05, 0.1) is 11.3 Å². The van der Waals surface area contributed by atoms with Gasteiger partial charge in [-0.3, -0.25) is 9.59 Å². The molecule has 0 bridgehead atoms. The van der Waals surface area contributed by atoms with E-state index in [-0.39, 0.29) is 17.3 Å². The molecule has 5 nitrogen and oxygen atoms in total. The second-order valence-corrected chi connectivity index (χ2v) is 7.95. The van der Waals surface area contributed by atoms with Gasteiger partial charge in [0, 0.05) is 10.4 Å². The molecule has 0 aliphatic carbocycles. The van der Waals surface area contributed by atoms with Crippen LogP contribution < -0.4 is 10.7 Å². The van der Waals surface area contributed by atoms with E-state index in [9.17, 15) is 9.59 Å². The Morgan fingerprint density at radius 1 is 1.04 bits per heavy atom. The summed E-state index contributed by atoms with van der Waals surface area (Å²) < 4.78 is 2.55. The van der Waals surface area contributed by atoms with E-state index >= 15 is 0 Å². The molecule has 0 atom stereocenters. The Labute approximate surface area is 172 Å². The second kappa shape index (κ2) is 8.10. The number of carbonyl (C=O) groups excluding carboxylic acids is 1. The van der Waals surface area contributed by atoms with Gasteiger partial charge in [0.15, 0.2) is 0 Å². The fraction of sp³-hybridized carbons (Fsp3) is 0.227. The minimum atomic E-state index is -0.236. The molecule has 1 N–H and O–H groups in total. The highest BCUT2D eigenvalue weighted by atomic mass is 79.9. The first-order chi connectivity index (χ1) is 13.3. The molecular weight excluding hydrogens is 418 g/mol. The zero-order chi connectivity index (χ0) is 20.4. The molecule has 0 saturated carbocycles. The van der Waals surface area contributed by atoms with E-state index in [1.807, 2.05) is 69.3 Å². The number of hydrogen-bond donors (Lipinski definition) is 1. The maximum Gasteiger partial charge on any atom is 0.228 e. The predicted molar refractivity (Wildman–Crippen MR) is 116 cm³/mol. The molecule has 144 valence electrons. The Balaban J connectivity index is 2.32. The molecule has 0 fully saturated rings. The smallest absolute Gasteiger partial charge is 0.228 e. The summed E-state index contributed by atoms with van der Waals surface area (Å²) in [5.41, 5.74) is 3.18. The molecule has 28 heavy (non-hydrogen) atoms. The van der Waals surface area contributed by atoms with E-state index in [4.69, 9.17) is 0 Å². The Kier molecular flexibility index (Phi) is 5.79. The van der Waals surface area contributed by atoms with Crippen molar-refractivity contribution in [2.45, 2.75) is 27.7 Å². The molecule has 0 aliphatic heterocycles. The van der Waals surface area contributed by atoms with Crippen LogP contribution in [0.5, 0.6) is 0 Å². The lowest BCUT2D eigenvalue weighted by atomic mass is 10.0. The van der Waals surface area contributed by atoms with Crippen molar-refractivity contribution in [1.82, 2.24) is 9.78 Å². The first kappa shape index (κ1) is 20.0. The van der Waals surface area contributed by atoms with Crippen molar-refractivity contribution >= 4 is 27.7 Å². The van der Waals surface area contributed by atoms with E-state index in [1.54, 1.807) is 11.6 Å². The van der Waals surface area contributed by atoms with E-state index in [0.717, 1.165) is 21.3 Å². The van der Waals surface area contributed by atoms with Crippen LogP contribution in [0.4, 0.5) is 5.82 Å². The van der Waals surface area contributed by atoms with Crippen LogP contribution in [-0.2, 0) is 4.79 Å². The first-order valence-corrected chi connectivity index (χ1v) is 9.85. The lowest BCUT2D eigenvalue weighted by molar-refractivity contribution is -0.118. The van der Waals surface area contributed by atoms with Crippen LogP contribution >= 0.6 is 15.9 Å². The standard InChI is InChI=1S/C22H22BrN3O2/c1-13(2)22(28)24-21-19(16-7-5-14(3)6-8-16)20(27)15(4)25-26(21)18-11-9-17(23)10-12-18/h5-13H,1-4H3,(H,24,28). The SMILES string of the molecule is Cc1ccc(-c2c(NC(=O)C(C)C)n(-c3ccc(Br)cc3)nc(C)c2=O)cc1. The van der Waals surface area contributed by atoms with Gasteiger partial charge in [0.1, 0.15) is 11.5 Å². The molecule has 0 spiro atoms. The number of amides is 1. The van der Waals surface area contributed by atoms with Gasteiger partial charge < -0.3 is 5.32 Å². The van der Waals surface area contributed by atoms with Crippen molar-refractivity contribution in [3.63, 3.8) is 0 Å². The molecule has 1 aromatic heterocycles. The van der Waals surface area contributed by atoms with Crippen molar-refractivity contribution < 1.29 is 4.79 Å². The number of carbonyl (C=O) groups is 1. The summed E-state index contributed by atoms with van der Waals surface area (Å²) in [6.07, 6.45) is 0. The molecule has 0 aliphatic rings. The lowest BCUT2D eigenvalue weighted by Gasteiger charge is -2.19. The van der Waals surface area contributed by atoms with Crippen LogP contribution in [0.3, 0.4) is 0 Å². The van der Waals surface area contributed by atoms with E-state index in [0.29, 0.717) is 17.1 Å². The van der Waals surface area contributed by atoms with Crippen LogP contribution in [0.1, 0.15) is 25.1 Å². The Morgan fingerprint density at radius 3 is 2.21 bits per heavy atom. The van der Waals surface area contributed by atoms with Gasteiger partial charge in [-0.15, -0.1) is 0 Å². The van der Waals surface area contributed by atoms with Crippen LogP contribution in [-0.4, -0.2) is 15.7 Å². The van der Waals surface area contributed by atoms with Crippen LogP contribution in [0.25, 0.3) is 16.8 Å². The number of rotatable bonds is 4. The van der Waals surface area contributed by atoms with E-state index in [1.165, 1.54) is 0 Å². The topological polar surface area (TPSA) is 64.0 Å². The zero-order valence-corrected chi connectivity index (χ0v) is 17.9. The molecule has 0 radical (unpaired) electrons. The number of hydrogen-bond acceptors (Lipinski definition) is 3. The van der Waals surface area contributed by atoms with Crippen LogP contribution in [0, 0.1) is 19.8 Å². The Hall–Kier alpha value is -2.73. The van der Waals surface area contributed by atoms with Gasteiger partial charge in [-0.1, -0.05) is 59.6 Å². The van der Waals surface area contributed by atoms with Gasteiger partial charge in [0.25, 0.3) is 0 Å². The average Bonchev–Trinajstić information content (AvgIpc) is 2.66. The summed E-state index contributed by atoms with van der Waals surface area (Å²) in [6.45, 7) is 7.29. The molecular formula is C22H22BrN3O2. The van der Waals surface area contributed by atoms with E-state index < -0.39 is 0 Å². The van der Waals surface area contributed by atoms with Gasteiger partial charge in [-0.2, -0.15) is 5.10 Å². The van der Waals surface area contributed by atoms with Crippen molar-refractivity contribution in [3.05, 3.63) is 74.5 Å². The summed E-state index contributed by atoms with van der Waals surface area (Å²) in [5, 5.41) is 7.39. The fourth-order valence-corrected chi connectivity index (χ4v) is 3.04. The van der Waals surface area contributed by atoms with Crippen molar-refractivity contribution in [1.29, 1.82) is 0 Å². The van der Waals surface area contributed by atoms with E-state index in [2.05, 4.69) is 26.3 Å². The lowest BCUT2D eigenvalue weighted by Crippen LogP contribution is -2.26. The Bertz CT molecular complexity index is 1070. The number of benzene rings is 2. The minimum Gasteiger partial charge on any atom is -0.310 e. The highest BCUT2D eigenvalue weighted by Gasteiger charge is 2.21. The third-order valence-electron chi connectivity index (χ3n) is 4.43. The summed E-state index contributed by atoms with van der Waals surface area (Å²) in [6, 6.07) is 15.2. The highest BCUT2D eigenvalue weighted by molar-refractivity contribution is 9.10. The van der Waals surface area contributed by atoms with Gasteiger partial charge in [0.2, 0.25) is 11.3 Å². The molecule has 0 unspecified atom stereocenters. The van der Waals surface area contributed by atoms with Gasteiger partial charge in [-0.25, -0.2) is 4.68 Å².